The molecule has 3 fully saturated rings. The molecule has 1 aliphatic carbocycles. The van der Waals surface area contributed by atoms with Crippen molar-refractivity contribution in [3.63, 3.8) is 0 Å². The molecule has 3 heterocycles. The number of nitrogens with one attached hydrogen (secondary N) is 2. The molecule has 1 saturated carbocycles. The van der Waals surface area contributed by atoms with E-state index in [4.69, 9.17) is 4.74 Å². The van der Waals surface area contributed by atoms with Gasteiger partial charge in [-0.2, -0.15) is 0 Å². The minimum Gasteiger partial charge on any atom is -0.378 e. The van der Waals surface area contributed by atoms with E-state index in [2.05, 4.69) is 20.2 Å². The van der Waals surface area contributed by atoms with Crippen LogP contribution in [0.4, 0.5) is 5.95 Å². The first-order valence-electron chi connectivity index (χ1n) is 11.2. The maximum atomic E-state index is 12.7. The normalized spacial score (nSPS) is 20.0. The summed E-state index contributed by atoms with van der Waals surface area (Å²) in [4.78, 5) is 50.6. The first kappa shape index (κ1) is 21.8. The van der Waals surface area contributed by atoms with E-state index in [1.807, 2.05) is 16.7 Å². The second-order valence-electron chi connectivity index (χ2n) is 8.55. The summed E-state index contributed by atoms with van der Waals surface area (Å²) < 4.78 is 5.34. The molecular weight excluding hydrogens is 400 g/mol. The predicted octanol–water partition coefficient (Wildman–Crippen LogP) is -0.730. The highest BCUT2D eigenvalue weighted by molar-refractivity contribution is 5.79. The summed E-state index contributed by atoms with van der Waals surface area (Å²) in [5, 5.41) is 3.00. The molecule has 10 nitrogen and oxygen atoms in total. The van der Waals surface area contributed by atoms with Gasteiger partial charge in [0.2, 0.25) is 17.8 Å². The third kappa shape index (κ3) is 5.82. The number of piperazine rings is 1. The number of hydrogen-bond acceptors (Lipinski definition) is 7. The fraction of sp³-hybridized carbons (Fsp3) is 0.714. The number of carbonyl (C=O) groups excluding carboxylic acids is 2. The Bertz CT molecular complexity index is 854. The van der Waals surface area contributed by atoms with Gasteiger partial charge >= 0.3 is 0 Å². The van der Waals surface area contributed by atoms with Gasteiger partial charge in [-0.25, -0.2) is 4.98 Å². The summed E-state index contributed by atoms with van der Waals surface area (Å²) in [5.74, 6) is 0.686. The Labute approximate surface area is 181 Å². The molecule has 10 heteroatoms. The average molecular weight is 433 g/mol. The highest BCUT2D eigenvalue weighted by atomic mass is 16.5. The molecule has 2 aliphatic heterocycles. The Morgan fingerprint density at radius 3 is 2.48 bits per heavy atom. The number of morpholine rings is 1. The van der Waals surface area contributed by atoms with Gasteiger partial charge in [0.1, 0.15) is 0 Å². The number of rotatable bonds is 7. The second kappa shape index (κ2) is 9.78. The first-order valence-corrected chi connectivity index (χ1v) is 11.2. The largest absolute Gasteiger partial charge is 0.378 e. The number of H-pyrrole nitrogens is 1. The van der Waals surface area contributed by atoms with E-state index in [0.29, 0.717) is 88.7 Å². The Balaban J connectivity index is 1.25. The zero-order chi connectivity index (χ0) is 21.8. The van der Waals surface area contributed by atoms with Crippen molar-refractivity contribution in [2.45, 2.75) is 38.6 Å². The fourth-order valence-corrected chi connectivity index (χ4v) is 4.06. The number of nitrogens with zero attached hydrogens (tertiary/aromatic N) is 4. The van der Waals surface area contributed by atoms with Gasteiger partial charge in [-0.3, -0.25) is 24.3 Å². The van der Waals surface area contributed by atoms with Crippen molar-refractivity contribution >= 4 is 17.8 Å². The molecule has 2 amide bonds. The number of aromatic nitrogens is 2. The SMILES string of the molecule is Cc1nc(N2CCOCC2)[nH]c(=O)c1CCC(=O)N1CCN(CC(=O)NC2CC2)CC1. The average Bonchev–Trinajstić information content (AvgIpc) is 3.58. The lowest BCUT2D eigenvalue weighted by Gasteiger charge is -2.34. The molecule has 2 saturated heterocycles. The van der Waals surface area contributed by atoms with Gasteiger partial charge in [-0.05, 0) is 26.2 Å². The Kier molecular flexibility index (Phi) is 6.86. The van der Waals surface area contributed by atoms with Crippen LogP contribution in [0.25, 0.3) is 0 Å². The molecule has 2 N–H and O–H groups in total. The second-order valence-corrected chi connectivity index (χ2v) is 8.55. The number of anilines is 1. The van der Waals surface area contributed by atoms with Gasteiger partial charge in [0, 0.05) is 63.0 Å². The summed E-state index contributed by atoms with van der Waals surface area (Å²) in [6.45, 7) is 7.48. The number of carbonyl (C=O) groups is 2. The topological polar surface area (TPSA) is 111 Å². The maximum absolute atomic E-state index is 12.7. The van der Waals surface area contributed by atoms with Crippen LogP contribution in [0.1, 0.15) is 30.5 Å². The van der Waals surface area contributed by atoms with Crippen molar-refractivity contribution in [1.29, 1.82) is 0 Å². The number of hydrogen-bond donors (Lipinski definition) is 2. The van der Waals surface area contributed by atoms with Crippen molar-refractivity contribution < 1.29 is 14.3 Å². The molecule has 1 aromatic rings. The molecule has 0 radical (unpaired) electrons. The minimum absolute atomic E-state index is 0.0399. The summed E-state index contributed by atoms with van der Waals surface area (Å²) in [6, 6.07) is 0.374. The fourth-order valence-electron chi connectivity index (χ4n) is 4.06. The highest BCUT2D eigenvalue weighted by Crippen LogP contribution is 2.18. The van der Waals surface area contributed by atoms with Crippen LogP contribution in [-0.2, 0) is 20.7 Å². The van der Waals surface area contributed by atoms with Gasteiger partial charge in [-0.1, -0.05) is 0 Å². The van der Waals surface area contributed by atoms with Crippen LogP contribution in [0.3, 0.4) is 0 Å². The molecule has 4 rings (SSSR count). The minimum atomic E-state index is -0.173. The van der Waals surface area contributed by atoms with Gasteiger partial charge in [0.25, 0.3) is 5.56 Å². The van der Waals surface area contributed by atoms with E-state index in [0.717, 1.165) is 12.8 Å². The zero-order valence-electron chi connectivity index (χ0n) is 18.2. The predicted molar refractivity (Wildman–Crippen MR) is 115 cm³/mol. The van der Waals surface area contributed by atoms with Crippen LogP contribution in [0.5, 0.6) is 0 Å². The molecule has 0 spiro atoms. The quantitative estimate of drug-likeness (QED) is 0.584. The van der Waals surface area contributed by atoms with Gasteiger partial charge in [-0.15, -0.1) is 0 Å². The van der Waals surface area contributed by atoms with Crippen LogP contribution >= 0.6 is 0 Å². The third-order valence-corrected chi connectivity index (χ3v) is 6.14. The number of aryl methyl sites for hydroxylation is 1. The molecule has 3 aliphatic rings. The van der Waals surface area contributed by atoms with Crippen LogP contribution in [0.2, 0.25) is 0 Å². The van der Waals surface area contributed by atoms with Gasteiger partial charge in [0.05, 0.1) is 19.8 Å². The molecule has 0 aromatic carbocycles. The van der Waals surface area contributed by atoms with Crippen molar-refractivity contribution in [3.05, 3.63) is 21.6 Å². The van der Waals surface area contributed by atoms with E-state index in [-0.39, 0.29) is 23.8 Å². The summed E-state index contributed by atoms with van der Waals surface area (Å²) >= 11 is 0. The van der Waals surface area contributed by atoms with E-state index in [9.17, 15) is 14.4 Å². The van der Waals surface area contributed by atoms with E-state index in [1.165, 1.54) is 0 Å². The molecule has 170 valence electrons. The molecule has 0 atom stereocenters. The number of ether oxygens (including phenoxy) is 1. The standard InChI is InChI=1S/C21H32N6O4/c1-15-17(20(30)24-21(22-15)27-10-12-31-13-11-27)4-5-19(29)26-8-6-25(7-9-26)14-18(28)23-16-2-3-16/h16H,2-14H2,1H3,(H,23,28)(H,22,24,30). The van der Waals surface area contributed by atoms with Crippen molar-refractivity contribution in [1.82, 2.24) is 25.1 Å². The molecule has 0 bridgehead atoms. The monoisotopic (exact) mass is 432 g/mol. The molecular formula is C21H32N6O4. The first-order chi connectivity index (χ1) is 15.0. The van der Waals surface area contributed by atoms with E-state index < -0.39 is 0 Å². The lowest BCUT2D eigenvalue weighted by atomic mass is 10.1. The Morgan fingerprint density at radius 2 is 1.84 bits per heavy atom. The van der Waals surface area contributed by atoms with Crippen LogP contribution in [0.15, 0.2) is 4.79 Å². The van der Waals surface area contributed by atoms with Crippen molar-refractivity contribution in [3.8, 4) is 0 Å². The Hall–Kier alpha value is -2.46. The molecule has 1 aromatic heterocycles. The summed E-state index contributed by atoms with van der Waals surface area (Å²) in [6.07, 6.45) is 2.83. The van der Waals surface area contributed by atoms with Crippen LogP contribution in [0, 0.1) is 6.92 Å². The van der Waals surface area contributed by atoms with Gasteiger partial charge < -0.3 is 19.9 Å². The summed E-state index contributed by atoms with van der Waals surface area (Å²) in [7, 11) is 0. The molecule has 0 unspecified atom stereocenters. The van der Waals surface area contributed by atoms with Crippen molar-refractivity contribution in [2.24, 2.45) is 0 Å². The van der Waals surface area contributed by atoms with E-state index >= 15 is 0 Å². The van der Waals surface area contributed by atoms with Gasteiger partial charge in [0.15, 0.2) is 0 Å². The Morgan fingerprint density at radius 1 is 1.13 bits per heavy atom. The maximum Gasteiger partial charge on any atom is 0.255 e. The third-order valence-electron chi connectivity index (χ3n) is 6.14. The number of aromatic amines is 1. The molecule has 31 heavy (non-hydrogen) atoms. The lowest BCUT2D eigenvalue weighted by Crippen LogP contribution is -2.51. The van der Waals surface area contributed by atoms with E-state index in [1.54, 1.807) is 0 Å². The summed E-state index contributed by atoms with van der Waals surface area (Å²) in [5.41, 5.74) is 1.07. The van der Waals surface area contributed by atoms with Crippen LogP contribution < -0.4 is 15.8 Å². The zero-order valence-corrected chi connectivity index (χ0v) is 18.2. The lowest BCUT2D eigenvalue weighted by molar-refractivity contribution is -0.133. The number of amides is 2. The highest BCUT2D eigenvalue weighted by Gasteiger charge is 2.26. The smallest absolute Gasteiger partial charge is 0.255 e. The van der Waals surface area contributed by atoms with Crippen molar-refractivity contribution in [2.75, 3.05) is 63.9 Å². The van der Waals surface area contributed by atoms with Crippen LogP contribution in [-0.4, -0.2) is 96.7 Å².